The van der Waals surface area contributed by atoms with E-state index in [0.29, 0.717) is 11.4 Å². The van der Waals surface area contributed by atoms with Crippen LogP contribution < -0.4 is 0 Å². The molecule has 1 aromatic heterocycles. The van der Waals surface area contributed by atoms with Crippen molar-refractivity contribution >= 4 is 11.0 Å². The molecule has 2 aromatic carbocycles. The minimum Gasteiger partial charge on any atom is -0.394 e. The fourth-order valence-electron chi connectivity index (χ4n) is 3.55. The van der Waals surface area contributed by atoms with E-state index in [1.54, 1.807) is 6.07 Å². The third kappa shape index (κ3) is 3.13. The lowest BCUT2D eigenvalue weighted by Gasteiger charge is -2.40. The molecule has 0 bridgehead atoms. The van der Waals surface area contributed by atoms with E-state index in [9.17, 15) is 20.4 Å². The van der Waals surface area contributed by atoms with Crippen LogP contribution >= 0.6 is 0 Å². The maximum atomic E-state index is 10.3. The van der Waals surface area contributed by atoms with E-state index in [2.05, 4.69) is 9.97 Å². The Morgan fingerprint density at radius 3 is 2.56 bits per heavy atom. The number of aliphatic hydroxyl groups is 4. The van der Waals surface area contributed by atoms with Gasteiger partial charge in [-0.3, -0.25) is 0 Å². The molecule has 142 valence electrons. The first-order chi connectivity index (χ1) is 13.0. The van der Waals surface area contributed by atoms with Crippen molar-refractivity contribution in [3.63, 3.8) is 0 Å². The number of nitrogens with zero attached hydrogens (tertiary/aromatic N) is 1. The van der Waals surface area contributed by atoms with Crippen molar-refractivity contribution < 1.29 is 25.2 Å². The van der Waals surface area contributed by atoms with E-state index < -0.39 is 37.1 Å². The van der Waals surface area contributed by atoms with Gasteiger partial charge in [0.15, 0.2) is 0 Å². The van der Waals surface area contributed by atoms with Crippen LogP contribution in [-0.2, 0) is 4.74 Å². The van der Waals surface area contributed by atoms with E-state index in [1.807, 2.05) is 43.3 Å². The zero-order chi connectivity index (χ0) is 19.1. The molecule has 7 heteroatoms. The Morgan fingerprint density at radius 2 is 1.81 bits per heavy atom. The zero-order valence-corrected chi connectivity index (χ0v) is 14.8. The monoisotopic (exact) mass is 370 g/mol. The highest BCUT2D eigenvalue weighted by Crippen LogP contribution is 2.34. The summed E-state index contributed by atoms with van der Waals surface area (Å²) in [7, 11) is 0. The lowest BCUT2D eigenvalue weighted by Crippen LogP contribution is -2.55. The molecule has 5 atom stereocenters. The number of imidazole rings is 1. The average Bonchev–Trinajstić information content (AvgIpc) is 3.12. The number of hydrogen-bond acceptors (Lipinski definition) is 6. The number of aliphatic hydroxyl groups excluding tert-OH is 4. The molecule has 1 fully saturated rings. The minimum absolute atomic E-state index is 0.454. The van der Waals surface area contributed by atoms with Crippen LogP contribution in [0.15, 0.2) is 42.5 Å². The highest BCUT2D eigenvalue weighted by molar-refractivity contribution is 5.82. The number of H-pyrrole nitrogens is 1. The van der Waals surface area contributed by atoms with E-state index in [-0.39, 0.29) is 0 Å². The van der Waals surface area contributed by atoms with Gasteiger partial charge in [0.1, 0.15) is 36.3 Å². The van der Waals surface area contributed by atoms with Gasteiger partial charge >= 0.3 is 0 Å². The topological polar surface area (TPSA) is 119 Å². The van der Waals surface area contributed by atoms with Crippen LogP contribution in [0.4, 0.5) is 0 Å². The van der Waals surface area contributed by atoms with Gasteiger partial charge in [0.25, 0.3) is 0 Å². The number of benzene rings is 2. The largest absolute Gasteiger partial charge is 0.394 e. The molecule has 0 saturated carbocycles. The summed E-state index contributed by atoms with van der Waals surface area (Å²) in [5, 5.41) is 39.7. The van der Waals surface area contributed by atoms with E-state index in [0.717, 1.165) is 22.2 Å². The van der Waals surface area contributed by atoms with Crippen LogP contribution in [0.5, 0.6) is 0 Å². The van der Waals surface area contributed by atoms with Crippen LogP contribution in [0.1, 0.15) is 17.2 Å². The van der Waals surface area contributed by atoms with Crippen molar-refractivity contribution in [2.45, 2.75) is 37.4 Å². The summed E-state index contributed by atoms with van der Waals surface area (Å²) in [4.78, 5) is 7.94. The Kier molecular flexibility index (Phi) is 4.71. The van der Waals surface area contributed by atoms with Crippen molar-refractivity contribution in [2.75, 3.05) is 6.61 Å². The Hall–Kier alpha value is -2.29. The molecule has 27 heavy (non-hydrogen) atoms. The van der Waals surface area contributed by atoms with Gasteiger partial charge in [-0.2, -0.15) is 0 Å². The third-order valence-corrected chi connectivity index (χ3v) is 5.10. The molecule has 1 aliphatic rings. The molecule has 0 radical (unpaired) electrons. The summed E-state index contributed by atoms with van der Waals surface area (Å²) >= 11 is 0. The highest BCUT2D eigenvalue weighted by atomic mass is 16.5. The number of para-hydroxylation sites is 1. The maximum absolute atomic E-state index is 10.3. The van der Waals surface area contributed by atoms with E-state index in [1.165, 1.54) is 0 Å². The lowest BCUT2D eigenvalue weighted by atomic mass is 9.90. The molecule has 0 unspecified atom stereocenters. The normalized spacial score (nSPS) is 28.6. The minimum atomic E-state index is -1.40. The van der Waals surface area contributed by atoms with Gasteiger partial charge in [-0.05, 0) is 30.2 Å². The molecular formula is C20H22N2O5. The number of aryl methyl sites for hydroxylation is 1. The molecule has 3 aromatic rings. The Balaban J connectivity index is 1.70. The van der Waals surface area contributed by atoms with Crippen molar-refractivity contribution in [3.05, 3.63) is 53.6 Å². The molecular weight excluding hydrogens is 348 g/mol. The number of hydrogen-bond donors (Lipinski definition) is 5. The molecule has 5 N–H and O–H groups in total. The van der Waals surface area contributed by atoms with Gasteiger partial charge in [-0.15, -0.1) is 0 Å². The fourth-order valence-corrected chi connectivity index (χ4v) is 3.55. The second kappa shape index (κ2) is 7.03. The summed E-state index contributed by atoms with van der Waals surface area (Å²) in [6.45, 7) is 1.54. The van der Waals surface area contributed by atoms with Crippen LogP contribution in [-0.4, -0.2) is 61.4 Å². The predicted octanol–water partition coefficient (Wildman–Crippen LogP) is 1.05. The number of aromatic nitrogens is 2. The molecule has 4 rings (SSSR count). The number of fused-ring (bicyclic) bond motifs is 1. The first kappa shape index (κ1) is 18.1. The first-order valence-electron chi connectivity index (χ1n) is 8.86. The van der Waals surface area contributed by atoms with Gasteiger partial charge < -0.3 is 30.1 Å². The van der Waals surface area contributed by atoms with E-state index >= 15 is 0 Å². The highest BCUT2D eigenvalue weighted by Gasteiger charge is 2.43. The number of aromatic amines is 1. The average molecular weight is 370 g/mol. The fraction of sp³-hybridized carbons (Fsp3) is 0.350. The molecule has 1 saturated heterocycles. The zero-order valence-electron chi connectivity index (χ0n) is 14.8. The Morgan fingerprint density at radius 1 is 1.04 bits per heavy atom. The van der Waals surface area contributed by atoms with Crippen LogP contribution in [0.3, 0.4) is 0 Å². The summed E-state index contributed by atoms with van der Waals surface area (Å²) in [5.74, 6) is 0.686. The second-order valence-corrected chi connectivity index (χ2v) is 6.93. The predicted molar refractivity (Wildman–Crippen MR) is 99.0 cm³/mol. The molecule has 0 spiro atoms. The number of ether oxygens (including phenoxy) is 1. The van der Waals surface area contributed by atoms with Crippen LogP contribution in [0.2, 0.25) is 0 Å². The quantitative estimate of drug-likeness (QED) is 0.470. The summed E-state index contributed by atoms with van der Waals surface area (Å²) in [6.07, 6.45) is -5.89. The Labute approximate surface area is 155 Å². The lowest BCUT2D eigenvalue weighted by molar-refractivity contribution is -0.231. The smallest absolute Gasteiger partial charge is 0.138 e. The standard InChI is InChI=1S/C20H22N2O5/c1-10-4-2-7-13-15(10)22-20(21-13)12-6-3-5-11(8-12)19-18(26)17(25)16(24)14(9-23)27-19/h2-8,14,16-19,23-26H,9H2,1H3,(H,21,22)/t14-,16-,17+,18+,19-/m1/s1. The van der Waals surface area contributed by atoms with Crippen molar-refractivity contribution in [2.24, 2.45) is 0 Å². The molecule has 7 nitrogen and oxygen atoms in total. The van der Waals surface area contributed by atoms with Gasteiger partial charge in [0.05, 0.1) is 17.6 Å². The first-order valence-corrected chi connectivity index (χ1v) is 8.86. The van der Waals surface area contributed by atoms with Crippen molar-refractivity contribution in [3.8, 4) is 11.4 Å². The summed E-state index contributed by atoms with van der Waals surface area (Å²) in [5.41, 5.74) is 4.33. The number of nitrogens with one attached hydrogen (secondary N) is 1. The van der Waals surface area contributed by atoms with Crippen LogP contribution in [0, 0.1) is 6.92 Å². The number of rotatable bonds is 3. The molecule has 0 aliphatic carbocycles. The molecule has 2 heterocycles. The third-order valence-electron chi connectivity index (χ3n) is 5.10. The maximum Gasteiger partial charge on any atom is 0.138 e. The second-order valence-electron chi connectivity index (χ2n) is 6.93. The van der Waals surface area contributed by atoms with Gasteiger partial charge in [-0.25, -0.2) is 4.98 Å². The SMILES string of the molecule is Cc1cccc2[nH]c(-c3cccc([C@H]4O[C@H](CO)[C@@H](O)[C@H](O)[C@@H]4O)c3)nc12. The summed E-state index contributed by atoms with van der Waals surface area (Å²) < 4.78 is 5.64. The van der Waals surface area contributed by atoms with Gasteiger partial charge in [-0.1, -0.05) is 30.3 Å². The van der Waals surface area contributed by atoms with Gasteiger partial charge in [0.2, 0.25) is 0 Å². The van der Waals surface area contributed by atoms with Crippen molar-refractivity contribution in [1.29, 1.82) is 0 Å². The van der Waals surface area contributed by atoms with Gasteiger partial charge in [0, 0.05) is 5.56 Å². The molecule has 1 aliphatic heterocycles. The van der Waals surface area contributed by atoms with Crippen LogP contribution in [0.25, 0.3) is 22.4 Å². The Bertz CT molecular complexity index is 954. The van der Waals surface area contributed by atoms with E-state index in [4.69, 9.17) is 4.74 Å². The van der Waals surface area contributed by atoms with Crippen molar-refractivity contribution in [1.82, 2.24) is 9.97 Å². The molecule has 0 amide bonds. The summed E-state index contributed by atoms with van der Waals surface area (Å²) in [6, 6.07) is 13.2.